The van der Waals surface area contributed by atoms with Crippen molar-refractivity contribution >= 4 is 16.6 Å². The van der Waals surface area contributed by atoms with Gasteiger partial charge in [0.15, 0.2) is 0 Å². The van der Waals surface area contributed by atoms with Gasteiger partial charge in [-0.2, -0.15) is 5.10 Å². The Morgan fingerprint density at radius 3 is 3.00 bits per heavy atom. The van der Waals surface area contributed by atoms with Crippen molar-refractivity contribution in [1.29, 1.82) is 0 Å². The molecule has 0 amide bonds. The van der Waals surface area contributed by atoms with Gasteiger partial charge in [0.2, 0.25) is 0 Å². The van der Waals surface area contributed by atoms with Crippen molar-refractivity contribution in [1.82, 2.24) is 10.2 Å². The van der Waals surface area contributed by atoms with E-state index in [2.05, 4.69) is 17.1 Å². The second kappa shape index (κ2) is 4.34. The largest absolute Gasteiger partial charge is 0.398 e. The van der Waals surface area contributed by atoms with Crippen molar-refractivity contribution in [2.24, 2.45) is 0 Å². The van der Waals surface area contributed by atoms with Gasteiger partial charge in [-0.25, -0.2) is 0 Å². The number of aryl methyl sites for hydroxylation is 1. The van der Waals surface area contributed by atoms with Crippen LogP contribution in [0.15, 0.2) is 18.2 Å². The summed E-state index contributed by atoms with van der Waals surface area (Å²) in [5.41, 5.74) is 8.92. The second-order valence-corrected chi connectivity index (χ2v) is 3.90. The lowest BCUT2D eigenvalue weighted by Gasteiger charge is -2.00. The Bertz CT molecular complexity index is 445. The molecule has 3 N–H and O–H groups in total. The first-order chi connectivity index (χ1) is 7.33. The zero-order valence-electron chi connectivity index (χ0n) is 9.09. The van der Waals surface area contributed by atoms with Crippen LogP contribution in [-0.2, 0) is 6.42 Å². The number of nitrogens with one attached hydrogen (secondary N) is 1. The van der Waals surface area contributed by atoms with E-state index in [1.165, 1.54) is 25.0 Å². The summed E-state index contributed by atoms with van der Waals surface area (Å²) >= 11 is 0. The molecule has 0 spiro atoms. The van der Waals surface area contributed by atoms with Gasteiger partial charge >= 0.3 is 0 Å². The minimum absolute atomic E-state index is 0.827. The van der Waals surface area contributed by atoms with E-state index in [1.54, 1.807) is 0 Å². The number of rotatable bonds is 4. The Kier molecular flexibility index (Phi) is 2.90. The zero-order chi connectivity index (χ0) is 10.7. The van der Waals surface area contributed by atoms with E-state index >= 15 is 0 Å². The molecule has 0 fully saturated rings. The van der Waals surface area contributed by atoms with Crippen LogP contribution in [0.3, 0.4) is 0 Å². The molecule has 3 nitrogen and oxygen atoms in total. The number of aromatic nitrogens is 2. The first kappa shape index (κ1) is 10.0. The van der Waals surface area contributed by atoms with Gasteiger partial charge < -0.3 is 5.73 Å². The van der Waals surface area contributed by atoms with Gasteiger partial charge in [0.1, 0.15) is 0 Å². The number of nitrogens with zero attached hydrogens (tertiary/aromatic N) is 1. The number of nitrogen functional groups attached to an aromatic ring is 1. The summed E-state index contributed by atoms with van der Waals surface area (Å²) < 4.78 is 0. The summed E-state index contributed by atoms with van der Waals surface area (Å²) in [5.74, 6) is 0. The minimum Gasteiger partial charge on any atom is -0.398 e. The van der Waals surface area contributed by atoms with E-state index in [1.807, 2.05) is 18.2 Å². The van der Waals surface area contributed by atoms with Crippen molar-refractivity contribution in [2.45, 2.75) is 32.6 Å². The minimum atomic E-state index is 0.827. The third-order valence-corrected chi connectivity index (χ3v) is 2.72. The van der Waals surface area contributed by atoms with Crippen LogP contribution in [0.5, 0.6) is 0 Å². The van der Waals surface area contributed by atoms with Crippen LogP contribution in [-0.4, -0.2) is 10.2 Å². The number of unbranched alkanes of at least 4 members (excludes halogenated alkanes) is 2. The summed E-state index contributed by atoms with van der Waals surface area (Å²) in [6.45, 7) is 2.21. The molecule has 0 aliphatic heterocycles. The Labute approximate surface area is 89.7 Å². The van der Waals surface area contributed by atoms with Gasteiger partial charge in [-0.05, 0) is 25.0 Å². The highest BCUT2D eigenvalue weighted by molar-refractivity contribution is 5.92. The molecular weight excluding hydrogens is 186 g/mol. The third-order valence-electron chi connectivity index (χ3n) is 2.72. The summed E-state index contributed by atoms with van der Waals surface area (Å²) in [5, 5.41) is 8.44. The topological polar surface area (TPSA) is 54.7 Å². The molecule has 1 heterocycles. The van der Waals surface area contributed by atoms with Gasteiger partial charge in [0.05, 0.1) is 5.52 Å². The maximum Gasteiger partial charge on any atom is 0.0944 e. The molecule has 2 aromatic rings. The summed E-state index contributed by atoms with van der Waals surface area (Å²) in [6, 6.07) is 5.86. The molecule has 3 heteroatoms. The molecule has 2 rings (SSSR count). The number of fused-ring (bicyclic) bond motifs is 1. The summed E-state index contributed by atoms with van der Waals surface area (Å²) in [4.78, 5) is 0. The lowest BCUT2D eigenvalue weighted by molar-refractivity contribution is 0.707. The lowest BCUT2D eigenvalue weighted by Crippen LogP contribution is -1.90. The first-order valence-corrected chi connectivity index (χ1v) is 5.54. The van der Waals surface area contributed by atoms with E-state index in [4.69, 9.17) is 5.73 Å². The SMILES string of the molecule is CCCCCc1[nH]nc2cccc(N)c12. The fourth-order valence-electron chi connectivity index (χ4n) is 1.90. The summed E-state index contributed by atoms with van der Waals surface area (Å²) in [6.07, 6.45) is 4.73. The highest BCUT2D eigenvalue weighted by Crippen LogP contribution is 2.23. The van der Waals surface area contributed by atoms with Gasteiger partial charge in [0.25, 0.3) is 0 Å². The van der Waals surface area contributed by atoms with Crippen LogP contribution in [0.1, 0.15) is 31.9 Å². The van der Waals surface area contributed by atoms with Crippen LogP contribution < -0.4 is 5.73 Å². The molecule has 1 aromatic heterocycles. The summed E-state index contributed by atoms with van der Waals surface area (Å²) in [7, 11) is 0. The second-order valence-electron chi connectivity index (χ2n) is 3.90. The van der Waals surface area contributed by atoms with Gasteiger partial charge in [0, 0.05) is 16.8 Å². The molecule has 0 atom stereocenters. The van der Waals surface area contributed by atoms with Crippen LogP contribution in [0, 0.1) is 0 Å². The van der Waals surface area contributed by atoms with Crippen molar-refractivity contribution in [2.75, 3.05) is 5.73 Å². The molecule has 1 aromatic carbocycles. The fourth-order valence-corrected chi connectivity index (χ4v) is 1.90. The van der Waals surface area contributed by atoms with Gasteiger partial charge in [-0.3, -0.25) is 5.10 Å². The lowest BCUT2D eigenvalue weighted by atomic mass is 10.1. The van der Waals surface area contributed by atoms with Crippen LogP contribution >= 0.6 is 0 Å². The third kappa shape index (κ3) is 1.96. The molecule has 15 heavy (non-hydrogen) atoms. The highest BCUT2D eigenvalue weighted by atomic mass is 15.1. The Morgan fingerprint density at radius 2 is 2.20 bits per heavy atom. The molecular formula is C12H17N3. The number of hydrogen-bond acceptors (Lipinski definition) is 2. The average Bonchev–Trinajstić information content (AvgIpc) is 2.63. The Hall–Kier alpha value is -1.51. The monoisotopic (exact) mass is 203 g/mol. The Morgan fingerprint density at radius 1 is 1.33 bits per heavy atom. The number of hydrogen-bond donors (Lipinski definition) is 2. The molecule has 0 bridgehead atoms. The van der Waals surface area contributed by atoms with Crippen molar-refractivity contribution in [3.8, 4) is 0 Å². The van der Waals surface area contributed by atoms with E-state index < -0.39 is 0 Å². The van der Waals surface area contributed by atoms with E-state index in [-0.39, 0.29) is 0 Å². The Balaban J connectivity index is 2.27. The van der Waals surface area contributed by atoms with E-state index in [9.17, 15) is 0 Å². The maximum absolute atomic E-state index is 5.95. The highest BCUT2D eigenvalue weighted by Gasteiger charge is 2.07. The van der Waals surface area contributed by atoms with Crippen LogP contribution in [0.4, 0.5) is 5.69 Å². The molecule has 80 valence electrons. The number of anilines is 1. The smallest absolute Gasteiger partial charge is 0.0944 e. The number of nitrogens with two attached hydrogens (primary N) is 1. The normalized spacial score (nSPS) is 11.0. The standard InChI is InChI=1S/C12H17N3/c1-2-3-4-7-10-12-9(13)6-5-8-11(12)15-14-10/h5-6,8H,2-4,7,13H2,1H3,(H,14,15). The van der Waals surface area contributed by atoms with Crippen molar-refractivity contribution in [3.63, 3.8) is 0 Å². The molecule has 0 saturated carbocycles. The van der Waals surface area contributed by atoms with Crippen LogP contribution in [0.2, 0.25) is 0 Å². The number of H-pyrrole nitrogens is 1. The molecule has 0 saturated heterocycles. The first-order valence-electron chi connectivity index (χ1n) is 5.54. The van der Waals surface area contributed by atoms with Crippen LogP contribution in [0.25, 0.3) is 10.9 Å². The predicted octanol–water partition coefficient (Wildman–Crippen LogP) is 2.88. The zero-order valence-corrected chi connectivity index (χ0v) is 9.09. The molecule has 0 aliphatic carbocycles. The number of aromatic amines is 1. The predicted molar refractivity (Wildman–Crippen MR) is 63.7 cm³/mol. The quantitative estimate of drug-likeness (QED) is 0.593. The van der Waals surface area contributed by atoms with Gasteiger partial charge in [-0.1, -0.05) is 25.8 Å². The van der Waals surface area contributed by atoms with Crippen molar-refractivity contribution < 1.29 is 0 Å². The fraction of sp³-hybridized carbons (Fsp3) is 0.417. The van der Waals surface area contributed by atoms with E-state index in [0.717, 1.165) is 23.0 Å². The van der Waals surface area contributed by atoms with Crippen molar-refractivity contribution in [3.05, 3.63) is 23.9 Å². The molecule has 0 unspecified atom stereocenters. The number of benzene rings is 1. The molecule has 0 aliphatic rings. The molecule has 0 radical (unpaired) electrons. The average molecular weight is 203 g/mol. The maximum atomic E-state index is 5.95. The van der Waals surface area contributed by atoms with E-state index in [0.29, 0.717) is 0 Å². The van der Waals surface area contributed by atoms with Gasteiger partial charge in [-0.15, -0.1) is 0 Å².